The Bertz CT molecular complexity index is 566. The summed E-state index contributed by atoms with van der Waals surface area (Å²) in [4.78, 5) is 6.86. The van der Waals surface area contributed by atoms with Crippen LogP contribution in [0.15, 0.2) is 53.7 Å². The van der Waals surface area contributed by atoms with Crippen molar-refractivity contribution in [1.29, 1.82) is 0 Å². The van der Waals surface area contributed by atoms with E-state index in [1.807, 2.05) is 41.4 Å². The molecule has 0 fully saturated rings. The van der Waals surface area contributed by atoms with Crippen molar-refractivity contribution in [1.82, 2.24) is 14.9 Å². The van der Waals surface area contributed by atoms with Crippen LogP contribution < -0.4 is 5.32 Å². The van der Waals surface area contributed by atoms with E-state index in [0.29, 0.717) is 6.04 Å². The van der Waals surface area contributed by atoms with Gasteiger partial charge in [-0.15, -0.1) is 22.7 Å². The summed E-state index contributed by atoms with van der Waals surface area (Å²) < 4.78 is 2.13. The first-order valence-electron chi connectivity index (χ1n) is 7.19. The lowest BCUT2D eigenvalue weighted by atomic mass is 10.2. The lowest BCUT2D eigenvalue weighted by Gasteiger charge is -2.16. The quantitative estimate of drug-likeness (QED) is 0.632. The van der Waals surface area contributed by atoms with Gasteiger partial charge >= 0.3 is 0 Å². The summed E-state index contributed by atoms with van der Waals surface area (Å²) in [5.74, 6) is 0. The minimum absolute atomic E-state index is 0.346. The molecule has 110 valence electrons. The first kappa shape index (κ1) is 14.5. The molecule has 0 amide bonds. The Morgan fingerprint density at radius 3 is 2.43 bits per heavy atom. The van der Waals surface area contributed by atoms with Gasteiger partial charge < -0.3 is 9.88 Å². The van der Waals surface area contributed by atoms with Crippen LogP contribution in [0.1, 0.15) is 28.6 Å². The lowest BCUT2D eigenvalue weighted by molar-refractivity contribution is 0.545. The van der Waals surface area contributed by atoms with Gasteiger partial charge in [-0.25, -0.2) is 4.98 Å². The zero-order valence-corrected chi connectivity index (χ0v) is 13.4. The van der Waals surface area contributed by atoms with E-state index in [4.69, 9.17) is 0 Å². The van der Waals surface area contributed by atoms with Crippen LogP contribution in [-0.2, 0) is 6.54 Å². The Morgan fingerprint density at radius 2 is 1.86 bits per heavy atom. The van der Waals surface area contributed by atoms with E-state index < -0.39 is 0 Å². The van der Waals surface area contributed by atoms with Crippen LogP contribution >= 0.6 is 22.7 Å². The molecular weight excluding hydrogens is 298 g/mol. The molecule has 0 aromatic carbocycles. The molecule has 0 atom stereocenters. The van der Waals surface area contributed by atoms with Crippen molar-refractivity contribution in [2.24, 2.45) is 0 Å². The van der Waals surface area contributed by atoms with Gasteiger partial charge in [0.2, 0.25) is 0 Å². The second-order valence-corrected chi connectivity index (χ2v) is 6.88. The number of nitrogens with zero attached hydrogens (tertiary/aromatic N) is 2. The number of nitrogens with one attached hydrogen (secondary N) is 1. The first-order chi connectivity index (χ1) is 10.4. The number of unbranched alkanes of at least 4 members (excludes halogenated alkanes) is 1. The molecule has 3 heterocycles. The molecule has 3 aromatic heterocycles. The highest BCUT2D eigenvalue weighted by Crippen LogP contribution is 2.29. The van der Waals surface area contributed by atoms with Crippen molar-refractivity contribution in [3.05, 3.63) is 63.5 Å². The van der Waals surface area contributed by atoms with Gasteiger partial charge in [0.1, 0.15) is 0 Å². The maximum Gasteiger partial charge on any atom is 0.0945 e. The Morgan fingerprint density at radius 1 is 1.10 bits per heavy atom. The minimum Gasteiger partial charge on any atom is -0.337 e. The molecular formula is C16H19N3S2. The number of rotatable bonds is 8. The molecule has 3 rings (SSSR count). The second kappa shape index (κ2) is 7.54. The number of imidazole rings is 1. The predicted octanol–water partition coefficient (Wildman–Crippen LogP) is 4.17. The molecule has 0 spiro atoms. The van der Waals surface area contributed by atoms with E-state index in [-0.39, 0.29) is 0 Å². The van der Waals surface area contributed by atoms with Crippen molar-refractivity contribution in [3.8, 4) is 0 Å². The zero-order valence-electron chi connectivity index (χ0n) is 11.8. The molecule has 3 nitrogen and oxygen atoms in total. The fourth-order valence-corrected chi connectivity index (χ4v) is 4.05. The Hall–Kier alpha value is -1.43. The lowest BCUT2D eigenvalue weighted by Crippen LogP contribution is -2.22. The van der Waals surface area contributed by atoms with Gasteiger partial charge in [0, 0.05) is 28.7 Å². The minimum atomic E-state index is 0.346. The summed E-state index contributed by atoms with van der Waals surface area (Å²) in [6.07, 6.45) is 8.08. The number of hydrogen-bond donors (Lipinski definition) is 1. The van der Waals surface area contributed by atoms with Crippen molar-refractivity contribution < 1.29 is 0 Å². The molecule has 0 aliphatic heterocycles. The van der Waals surface area contributed by atoms with E-state index in [0.717, 1.165) is 13.1 Å². The van der Waals surface area contributed by atoms with Crippen LogP contribution in [0, 0.1) is 0 Å². The fraction of sp³-hybridized carbons (Fsp3) is 0.312. The Balaban J connectivity index is 1.49. The van der Waals surface area contributed by atoms with Gasteiger partial charge in [-0.1, -0.05) is 12.1 Å². The summed E-state index contributed by atoms with van der Waals surface area (Å²) in [5.41, 5.74) is 0. The predicted molar refractivity (Wildman–Crippen MR) is 89.9 cm³/mol. The van der Waals surface area contributed by atoms with E-state index in [9.17, 15) is 0 Å². The van der Waals surface area contributed by atoms with Gasteiger partial charge in [-0.3, -0.25) is 0 Å². The molecule has 3 aromatic rings. The highest BCUT2D eigenvalue weighted by Gasteiger charge is 2.14. The number of thiophene rings is 2. The van der Waals surface area contributed by atoms with E-state index >= 15 is 0 Å². The average molecular weight is 317 g/mol. The standard InChI is InChI=1S/C16H19N3S2/c1(2-9-19-10-8-17-13-19)7-18-16(14-5-3-11-20-14)15-6-4-12-21-15/h3-6,8,10-13,16,18H,1-2,7,9H2. The van der Waals surface area contributed by atoms with Crippen molar-refractivity contribution >= 4 is 22.7 Å². The topological polar surface area (TPSA) is 29.9 Å². The van der Waals surface area contributed by atoms with Gasteiger partial charge in [-0.2, -0.15) is 0 Å². The van der Waals surface area contributed by atoms with E-state index in [1.54, 1.807) is 0 Å². The van der Waals surface area contributed by atoms with Gasteiger partial charge in [0.25, 0.3) is 0 Å². The molecule has 0 saturated heterocycles. The van der Waals surface area contributed by atoms with Gasteiger partial charge in [-0.05, 0) is 42.3 Å². The van der Waals surface area contributed by atoms with E-state index in [1.165, 1.54) is 22.6 Å². The number of hydrogen-bond acceptors (Lipinski definition) is 4. The smallest absolute Gasteiger partial charge is 0.0945 e. The zero-order chi connectivity index (χ0) is 14.3. The van der Waals surface area contributed by atoms with Gasteiger partial charge in [0.05, 0.1) is 12.4 Å². The largest absolute Gasteiger partial charge is 0.337 e. The van der Waals surface area contributed by atoms with Crippen LogP contribution in [0.3, 0.4) is 0 Å². The monoisotopic (exact) mass is 317 g/mol. The molecule has 0 radical (unpaired) electrons. The third kappa shape index (κ3) is 4.03. The first-order valence-corrected chi connectivity index (χ1v) is 8.95. The summed E-state index contributed by atoms with van der Waals surface area (Å²) in [5, 5.41) is 8.00. The molecule has 5 heteroatoms. The summed E-state index contributed by atoms with van der Waals surface area (Å²) >= 11 is 3.65. The molecule has 0 saturated carbocycles. The molecule has 0 aliphatic rings. The maximum absolute atomic E-state index is 4.07. The summed E-state index contributed by atoms with van der Waals surface area (Å²) in [7, 11) is 0. The normalized spacial score (nSPS) is 11.3. The molecule has 21 heavy (non-hydrogen) atoms. The molecule has 1 N–H and O–H groups in total. The third-order valence-electron chi connectivity index (χ3n) is 3.41. The molecule has 0 unspecified atom stereocenters. The Kier molecular flexibility index (Phi) is 5.21. The van der Waals surface area contributed by atoms with Gasteiger partial charge in [0.15, 0.2) is 0 Å². The third-order valence-corrected chi connectivity index (χ3v) is 5.28. The average Bonchev–Trinajstić information content (AvgIpc) is 3.26. The highest BCUT2D eigenvalue weighted by molar-refractivity contribution is 7.11. The van der Waals surface area contributed by atoms with Crippen LogP contribution in [-0.4, -0.2) is 16.1 Å². The summed E-state index contributed by atoms with van der Waals surface area (Å²) in [6, 6.07) is 9.03. The highest BCUT2D eigenvalue weighted by atomic mass is 32.1. The van der Waals surface area contributed by atoms with Crippen LogP contribution in [0.25, 0.3) is 0 Å². The maximum atomic E-state index is 4.07. The van der Waals surface area contributed by atoms with Crippen LogP contribution in [0.5, 0.6) is 0 Å². The SMILES string of the molecule is c1csc(C(NCCCCn2ccnc2)c2cccs2)c1. The number of aromatic nitrogens is 2. The van der Waals surface area contributed by atoms with Crippen LogP contribution in [0.4, 0.5) is 0 Å². The van der Waals surface area contributed by atoms with Crippen molar-refractivity contribution in [2.75, 3.05) is 6.54 Å². The Labute approximate surface area is 133 Å². The molecule has 0 bridgehead atoms. The number of aryl methyl sites for hydroxylation is 1. The van der Waals surface area contributed by atoms with Crippen molar-refractivity contribution in [2.45, 2.75) is 25.4 Å². The molecule has 0 aliphatic carbocycles. The van der Waals surface area contributed by atoms with Crippen molar-refractivity contribution in [3.63, 3.8) is 0 Å². The second-order valence-electron chi connectivity index (χ2n) is 4.93. The fourth-order valence-electron chi connectivity index (χ4n) is 2.34. The summed E-state index contributed by atoms with van der Waals surface area (Å²) in [6.45, 7) is 2.08. The van der Waals surface area contributed by atoms with Crippen LogP contribution in [0.2, 0.25) is 0 Å². The van der Waals surface area contributed by atoms with E-state index in [2.05, 4.69) is 49.9 Å².